The largest absolute Gasteiger partial charge is 0.229 e. The molecule has 23 heavy (non-hydrogen) atoms. The Morgan fingerprint density at radius 1 is 0.739 bits per heavy atom. The minimum atomic E-state index is -2.89. The molecule has 0 aromatic rings. The Kier molecular flexibility index (Phi) is 11.6. The summed E-state index contributed by atoms with van der Waals surface area (Å²) in [7, 11) is -2.89. The smallest absolute Gasteiger partial charge is 0.150 e. The van der Waals surface area contributed by atoms with E-state index >= 15 is 0 Å². The lowest BCUT2D eigenvalue weighted by Crippen LogP contribution is -2.15. The number of allylic oxidation sites excluding steroid dienone is 4. The van der Waals surface area contributed by atoms with E-state index in [2.05, 4.69) is 53.7 Å². The highest BCUT2D eigenvalue weighted by Crippen LogP contribution is 2.16. The number of rotatable bonds is 12. The molecule has 0 aromatic heterocycles. The maximum atomic E-state index is 12.2. The molecule has 0 aliphatic rings. The maximum absolute atomic E-state index is 12.2. The normalized spacial score (nSPS) is 14.2. The molecule has 0 rings (SSSR count). The summed E-state index contributed by atoms with van der Waals surface area (Å²) in [6, 6.07) is 0. The second kappa shape index (κ2) is 11.9. The van der Waals surface area contributed by atoms with Crippen molar-refractivity contribution in [2.45, 2.75) is 80.1 Å². The Hall–Kier alpha value is -0.570. The van der Waals surface area contributed by atoms with Gasteiger partial charge in [-0.3, -0.25) is 0 Å². The van der Waals surface area contributed by atoms with Gasteiger partial charge < -0.3 is 0 Å². The zero-order valence-electron chi connectivity index (χ0n) is 16.2. The third-order valence-electron chi connectivity index (χ3n) is 4.27. The summed E-state index contributed by atoms with van der Waals surface area (Å²) in [4.78, 5) is 0. The number of sulfone groups is 1. The van der Waals surface area contributed by atoms with E-state index in [1.807, 2.05) is 0 Å². The van der Waals surface area contributed by atoms with Crippen molar-refractivity contribution in [3.8, 4) is 0 Å². The standard InChI is InChI=1S/C20H38O2S/c1-17(2)9-7-11-19(5)13-15-23(21,22)16-14-20(6)12-8-10-18(3)4/h9-10,19-20H,7-8,11-16H2,1-6H3. The Labute approximate surface area is 145 Å². The lowest BCUT2D eigenvalue weighted by molar-refractivity contribution is 0.500. The first kappa shape index (κ1) is 22.4. The molecule has 0 saturated heterocycles. The zero-order valence-corrected chi connectivity index (χ0v) is 17.0. The highest BCUT2D eigenvalue weighted by molar-refractivity contribution is 7.91. The fourth-order valence-corrected chi connectivity index (χ4v) is 4.19. The summed E-state index contributed by atoms with van der Waals surface area (Å²) < 4.78 is 24.4. The van der Waals surface area contributed by atoms with Crippen molar-refractivity contribution in [2.24, 2.45) is 11.8 Å². The summed E-state index contributed by atoms with van der Waals surface area (Å²) in [6.45, 7) is 12.7. The van der Waals surface area contributed by atoms with Crippen LogP contribution in [0, 0.1) is 11.8 Å². The van der Waals surface area contributed by atoms with Gasteiger partial charge in [-0.2, -0.15) is 0 Å². The SMILES string of the molecule is CC(C)=CCCC(C)CCS(=O)(=O)CCC(C)CCC=C(C)C. The summed E-state index contributed by atoms with van der Waals surface area (Å²) in [5, 5.41) is 0. The van der Waals surface area contributed by atoms with Gasteiger partial charge >= 0.3 is 0 Å². The highest BCUT2D eigenvalue weighted by Gasteiger charge is 2.14. The predicted molar refractivity (Wildman–Crippen MR) is 104 cm³/mol. The quantitative estimate of drug-likeness (QED) is 0.411. The molecule has 0 aliphatic carbocycles. The van der Waals surface area contributed by atoms with Crippen LogP contribution in [0.4, 0.5) is 0 Å². The van der Waals surface area contributed by atoms with E-state index < -0.39 is 9.84 Å². The van der Waals surface area contributed by atoms with Gasteiger partial charge in [0.05, 0.1) is 11.5 Å². The lowest BCUT2D eigenvalue weighted by atomic mass is 10.0. The van der Waals surface area contributed by atoms with Gasteiger partial charge in [-0.1, -0.05) is 37.1 Å². The molecule has 0 saturated carbocycles. The maximum Gasteiger partial charge on any atom is 0.150 e. The predicted octanol–water partition coefficient (Wildman–Crippen LogP) is 5.95. The van der Waals surface area contributed by atoms with Crippen LogP contribution in [-0.2, 0) is 9.84 Å². The first-order chi connectivity index (χ1) is 10.6. The topological polar surface area (TPSA) is 34.1 Å². The Morgan fingerprint density at radius 3 is 1.39 bits per heavy atom. The molecule has 136 valence electrons. The molecule has 0 amide bonds. The molecule has 0 bridgehead atoms. The van der Waals surface area contributed by atoms with Crippen LogP contribution < -0.4 is 0 Å². The van der Waals surface area contributed by atoms with E-state index in [1.54, 1.807) is 0 Å². The van der Waals surface area contributed by atoms with Crippen molar-refractivity contribution in [1.29, 1.82) is 0 Å². The third kappa shape index (κ3) is 14.7. The van der Waals surface area contributed by atoms with Gasteiger partial charge in [0.1, 0.15) is 9.84 Å². The molecule has 0 fully saturated rings. The van der Waals surface area contributed by atoms with Gasteiger partial charge in [0.25, 0.3) is 0 Å². The number of hydrogen-bond donors (Lipinski definition) is 0. The monoisotopic (exact) mass is 342 g/mol. The molecule has 0 aromatic carbocycles. The van der Waals surface area contributed by atoms with Crippen LogP contribution >= 0.6 is 0 Å². The van der Waals surface area contributed by atoms with E-state index in [9.17, 15) is 8.42 Å². The molecule has 0 spiro atoms. The van der Waals surface area contributed by atoms with Crippen LogP contribution in [0.15, 0.2) is 23.3 Å². The van der Waals surface area contributed by atoms with Gasteiger partial charge in [0, 0.05) is 0 Å². The molecule has 0 N–H and O–H groups in total. The fraction of sp³-hybridized carbons (Fsp3) is 0.800. The minimum absolute atomic E-state index is 0.351. The van der Waals surface area contributed by atoms with Crippen LogP contribution in [0.5, 0.6) is 0 Å². The zero-order chi connectivity index (χ0) is 17.9. The van der Waals surface area contributed by atoms with E-state index in [-0.39, 0.29) is 0 Å². The van der Waals surface area contributed by atoms with Crippen LogP contribution in [0.2, 0.25) is 0 Å². The van der Waals surface area contributed by atoms with E-state index in [4.69, 9.17) is 0 Å². The second-order valence-corrected chi connectivity index (χ2v) is 9.96. The molecule has 0 heterocycles. The Morgan fingerprint density at radius 2 is 1.09 bits per heavy atom. The molecule has 2 unspecified atom stereocenters. The summed E-state index contributed by atoms with van der Waals surface area (Å²) in [6.07, 6.45) is 10.4. The van der Waals surface area contributed by atoms with Crippen LogP contribution in [0.3, 0.4) is 0 Å². The number of hydrogen-bond acceptors (Lipinski definition) is 2. The van der Waals surface area contributed by atoms with Crippen molar-refractivity contribution < 1.29 is 8.42 Å². The molecule has 2 nitrogen and oxygen atoms in total. The van der Waals surface area contributed by atoms with E-state index in [1.165, 1.54) is 11.1 Å². The molecule has 2 atom stereocenters. The Bertz CT molecular complexity index is 426. The molecular weight excluding hydrogens is 304 g/mol. The van der Waals surface area contributed by atoms with E-state index in [0.717, 1.165) is 38.5 Å². The van der Waals surface area contributed by atoms with Crippen molar-refractivity contribution >= 4 is 9.84 Å². The minimum Gasteiger partial charge on any atom is -0.229 e. The first-order valence-corrected chi connectivity index (χ1v) is 10.9. The van der Waals surface area contributed by atoms with Crippen LogP contribution in [0.1, 0.15) is 80.1 Å². The molecular formula is C20H38O2S. The van der Waals surface area contributed by atoms with Crippen molar-refractivity contribution in [1.82, 2.24) is 0 Å². The second-order valence-electron chi connectivity index (χ2n) is 7.66. The summed E-state index contributed by atoms with van der Waals surface area (Å²) >= 11 is 0. The van der Waals surface area contributed by atoms with Crippen molar-refractivity contribution in [3.63, 3.8) is 0 Å². The van der Waals surface area contributed by atoms with E-state index in [0.29, 0.717) is 23.3 Å². The Balaban J connectivity index is 4.00. The van der Waals surface area contributed by atoms with Gasteiger partial charge in [0.2, 0.25) is 0 Å². The fourth-order valence-electron chi connectivity index (χ4n) is 2.47. The summed E-state index contributed by atoms with van der Waals surface area (Å²) in [5.74, 6) is 1.67. The first-order valence-electron chi connectivity index (χ1n) is 9.09. The highest BCUT2D eigenvalue weighted by atomic mass is 32.2. The average molecular weight is 343 g/mol. The molecule has 0 aliphatic heterocycles. The van der Waals surface area contributed by atoms with Crippen LogP contribution in [0.25, 0.3) is 0 Å². The summed E-state index contributed by atoms with van der Waals surface area (Å²) in [5.41, 5.74) is 2.68. The van der Waals surface area contributed by atoms with Gasteiger partial charge in [-0.25, -0.2) is 8.42 Å². The van der Waals surface area contributed by atoms with Crippen molar-refractivity contribution in [3.05, 3.63) is 23.3 Å². The van der Waals surface area contributed by atoms with Crippen molar-refractivity contribution in [2.75, 3.05) is 11.5 Å². The lowest BCUT2D eigenvalue weighted by Gasteiger charge is -2.13. The molecule has 0 radical (unpaired) electrons. The average Bonchev–Trinajstić information content (AvgIpc) is 2.42. The molecule has 3 heteroatoms. The van der Waals surface area contributed by atoms with Gasteiger partial charge in [0.15, 0.2) is 0 Å². The van der Waals surface area contributed by atoms with Crippen LogP contribution in [-0.4, -0.2) is 19.9 Å². The third-order valence-corrected chi connectivity index (χ3v) is 5.98. The van der Waals surface area contributed by atoms with Gasteiger partial charge in [-0.15, -0.1) is 0 Å². The van der Waals surface area contributed by atoms with Gasteiger partial charge in [-0.05, 0) is 78.1 Å².